The highest BCUT2D eigenvalue weighted by atomic mass is 16.6. The van der Waals surface area contributed by atoms with E-state index >= 15 is 0 Å². The Morgan fingerprint density at radius 3 is 2.24 bits per heavy atom. The van der Waals surface area contributed by atoms with Gasteiger partial charge in [-0.15, -0.1) is 0 Å². The molecule has 0 saturated carbocycles. The lowest BCUT2D eigenvalue weighted by Gasteiger charge is -2.33. The van der Waals surface area contributed by atoms with Crippen LogP contribution in [0.15, 0.2) is 90.1 Å². The molecule has 0 bridgehead atoms. The molecule has 2 atom stereocenters. The Bertz CT molecular complexity index is 1210. The predicted molar refractivity (Wildman–Crippen MR) is 136 cm³/mol. The lowest BCUT2D eigenvalue weighted by atomic mass is 9.78. The molecule has 34 heavy (non-hydrogen) atoms. The number of rotatable bonds is 5. The number of fused-ring (bicyclic) bond motifs is 1. The molecule has 3 aromatic carbocycles. The van der Waals surface area contributed by atoms with Crippen LogP contribution < -0.4 is 5.32 Å². The number of carbonyl (C=O) groups excluding carboxylic acids is 1. The number of amides is 1. The van der Waals surface area contributed by atoms with E-state index in [0.717, 1.165) is 33.5 Å². The minimum absolute atomic E-state index is 0.135. The number of hydrogen-bond acceptors (Lipinski definition) is 4. The van der Waals surface area contributed by atoms with Crippen molar-refractivity contribution in [1.29, 1.82) is 0 Å². The van der Waals surface area contributed by atoms with Gasteiger partial charge in [0.05, 0.1) is 6.04 Å². The Kier molecular flexibility index (Phi) is 6.82. The third-order valence-corrected chi connectivity index (χ3v) is 5.65. The second kappa shape index (κ2) is 9.96. The minimum Gasteiger partial charge on any atom is -0.444 e. The number of benzene rings is 3. The van der Waals surface area contributed by atoms with Gasteiger partial charge in [-0.25, -0.2) is 4.79 Å². The molecule has 1 amide bonds. The van der Waals surface area contributed by atoms with Crippen LogP contribution in [0.2, 0.25) is 0 Å². The van der Waals surface area contributed by atoms with Gasteiger partial charge in [0.15, 0.2) is 0 Å². The number of oxime groups is 1. The highest BCUT2D eigenvalue weighted by Gasteiger charge is 2.32. The summed E-state index contributed by atoms with van der Waals surface area (Å²) in [7, 11) is 1.55. The molecule has 0 heterocycles. The van der Waals surface area contributed by atoms with E-state index < -0.39 is 11.7 Å². The van der Waals surface area contributed by atoms with Crippen LogP contribution in [0.3, 0.4) is 0 Å². The number of carbonyl (C=O) groups is 1. The van der Waals surface area contributed by atoms with E-state index in [0.29, 0.717) is 0 Å². The Hall–Kier alpha value is -3.86. The van der Waals surface area contributed by atoms with E-state index in [1.165, 1.54) is 0 Å². The molecule has 174 valence electrons. The van der Waals surface area contributed by atoms with Crippen LogP contribution in [0, 0.1) is 0 Å². The van der Waals surface area contributed by atoms with Crippen LogP contribution in [0.1, 0.15) is 60.5 Å². The van der Waals surface area contributed by atoms with Crippen molar-refractivity contribution in [2.24, 2.45) is 5.16 Å². The molecule has 4 rings (SSSR count). The Morgan fingerprint density at radius 1 is 0.882 bits per heavy atom. The molecule has 0 aliphatic heterocycles. The van der Waals surface area contributed by atoms with E-state index in [-0.39, 0.29) is 12.0 Å². The zero-order valence-corrected chi connectivity index (χ0v) is 20.0. The maximum absolute atomic E-state index is 12.9. The van der Waals surface area contributed by atoms with Crippen molar-refractivity contribution >= 4 is 17.9 Å². The molecule has 3 aromatic rings. The summed E-state index contributed by atoms with van der Waals surface area (Å²) in [5.41, 5.74) is 5.20. The second-order valence-electron chi connectivity index (χ2n) is 9.21. The van der Waals surface area contributed by atoms with E-state index in [2.05, 4.69) is 40.8 Å². The number of nitrogens with zero attached hydrogens (tertiary/aromatic N) is 1. The van der Waals surface area contributed by atoms with Crippen LogP contribution in [0.25, 0.3) is 6.08 Å². The molecular weight excluding hydrogens is 424 g/mol. The third kappa shape index (κ3) is 5.20. The Balaban J connectivity index is 1.80. The molecule has 0 radical (unpaired) electrons. The summed E-state index contributed by atoms with van der Waals surface area (Å²) in [6.45, 7) is 5.59. The molecule has 1 aliphatic rings. The van der Waals surface area contributed by atoms with Crippen LogP contribution in [0.5, 0.6) is 0 Å². The van der Waals surface area contributed by atoms with E-state index in [1.54, 1.807) is 7.11 Å². The summed E-state index contributed by atoms with van der Waals surface area (Å²) < 4.78 is 5.61. The van der Waals surface area contributed by atoms with Gasteiger partial charge in [0.1, 0.15) is 18.4 Å². The normalized spacial score (nSPS) is 17.6. The molecule has 0 spiro atoms. The molecule has 1 aliphatic carbocycles. The maximum Gasteiger partial charge on any atom is 0.408 e. The molecule has 1 N–H and O–H groups in total. The van der Waals surface area contributed by atoms with Crippen molar-refractivity contribution in [3.63, 3.8) is 0 Å². The summed E-state index contributed by atoms with van der Waals surface area (Å²) in [6, 6.07) is 25.9. The molecular formula is C29H30N2O3. The molecule has 5 nitrogen and oxygen atoms in total. The van der Waals surface area contributed by atoms with Gasteiger partial charge in [0.25, 0.3) is 0 Å². The third-order valence-electron chi connectivity index (χ3n) is 5.65. The molecule has 0 fully saturated rings. The highest BCUT2D eigenvalue weighted by Crippen LogP contribution is 2.40. The maximum atomic E-state index is 12.9. The first kappa shape index (κ1) is 23.3. The smallest absolute Gasteiger partial charge is 0.408 e. The summed E-state index contributed by atoms with van der Waals surface area (Å²) in [4.78, 5) is 18.1. The number of hydrogen-bond donors (Lipinski definition) is 1. The monoisotopic (exact) mass is 454 g/mol. The Labute approximate surface area is 201 Å². The van der Waals surface area contributed by atoms with Gasteiger partial charge in [0, 0.05) is 17.0 Å². The van der Waals surface area contributed by atoms with Crippen molar-refractivity contribution < 1.29 is 14.4 Å². The number of alkyl carbamates (subject to hydrolysis) is 1. The summed E-state index contributed by atoms with van der Waals surface area (Å²) >= 11 is 0. The summed E-state index contributed by atoms with van der Waals surface area (Å²) in [6.07, 6.45) is 3.80. The zero-order valence-electron chi connectivity index (χ0n) is 20.0. The van der Waals surface area contributed by atoms with Crippen molar-refractivity contribution in [2.45, 2.75) is 38.3 Å². The highest BCUT2D eigenvalue weighted by molar-refractivity contribution is 6.13. The molecule has 0 aromatic heterocycles. The van der Waals surface area contributed by atoms with Gasteiger partial charge in [0.2, 0.25) is 0 Å². The minimum atomic E-state index is -0.590. The summed E-state index contributed by atoms with van der Waals surface area (Å²) in [5, 5.41) is 7.51. The first-order chi connectivity index (χ1) is 16.4. The van der Waals surface area contributed by atoms with Crippen molar-refractivity contribution in [2.75, 3.05) is 7.11 Å². The van der Waals surface area contributed by atoms with E-state index in [9.17, 15) is 4.79 Å². The van der Waals surface area contributed by atoms with Crippen molar-refractivity contribution in [3.05, 3.63) is 113 Å². The van der Waals surface area contributed by atoms with Gasteiger partial charge < -0.3 is 14.9 Å². The van der Waals surface area contributed by atoms with E-state index in [1.807, 2.05) is 81.4 Å². The van der Waals surface area contributed by atoms with Crippen LogP contribution >= 0.6 is 0 Å². The van der Waals surface area contributed by atoms with Crippen LogP contribution in [-0.4, -0.2) is 24.5 Å². The Morgan fingerprint density at radius 2 is 1.53 bits per heavy atom. The number of ether oxygens (including phenoxy) is 1. The molecule has 0 saturated heterocycles. The van der Waals surface area contributed by atoms with Crippen molar-refractivity contribution in [3.8, 4) is 0 Å². The standard InChI is InChI=1S/C29H30N2O3/c1-29(2,3)34-28(32)30-27-22-15-9-8-12-20(22)18-19-25(27)23-16-10-11-17-24(23)26(31-33-4)21-13-6-5-7-14-21/h5-19,25,27H,1-4H3,(H,30,32)/b31-26+/t25-,27?/m1/s1. The quantitative estimate of drug-likeness (QED) is 0.355. The van der Waals surface area contributed by atoms with Gasteiger partial charge in [-0.1, -0.05) is 96.2 Å². The van der Waals surface area contributed by atoms with Gasteiger partial charge in [-0.2, -0.15) is 0 Å². The predicted octanol–water partition coefficient (Wildman–Crippen LogP) is 6.46. The lowest BCUT2D eigenvalue weighted by molar-refractivity contribution is 0.0499. The average Bonchev–Trinajstić information content (AvgIpc) is 2.82. The summed E-state index contributed by atoms with van der Waals surface area (Å²) in [5.74, 6) is -0.135. The van der Waals surface area contributed by atoms with Crippen molar-refractivity contribution in [1.82, 2.24) is 5.32 Å². The first-order valence-electron chi connectivity index (χ1n) is 11.4. The van der Waals surface area contributed by atoms with Gasteiger partial charge >= 0.3 is 6.09 Å². The van der Waals surface area contributed by atoms with E-state index in [4.69, 9.17) is 9.57 Å². The first-order valence-corrected chi connectivity index (χ1v) is 11.4. The topological polar surface area (TPSA) is 59.9 Å². The number of nitrogens with one attached hydrogen (secondary N) is 1. The average molecular weight is 455 g/mol. The zero-order chi connectivity index (χ0) is 24.1. The fourth-order valence-corrected chi connectivity index (χ4v) is 4.29. The molecule has 1 unspecified atom stereocenters. The fourth-order valence-electron chi connectivity index (χ4n) is 4.29. The fraction of sp³-hybridized carbons (Fsp3) is 0.241. The largest absolute Gasteiger partial charge is 0.444 e. The second-order valence-corrected chi connectivity index (χ2v) is 9.21. The van der Waals surface area contributed by atoms with Crippen LogP contribution in [-0.2, 0) is 9.57 Å². The van der Waals surface area contributed by atoms with Crippen LogP contribution in [0.4, 0.5) is 4.79 Å². The SMILES string of the molecule is CO/N=C(\c1ccccc1)c1ccccc1[C@H]1C=Cc2ccccc2C1NC(=O)OC(C)(C)C. The molecule has 5 heteroatoms. The van der Waals surface area contributed by atoms with Gasteiger partial charge in [-0.05, 0) is 37.5 Å². The van der Waals surface area contributed by atoms with Gasteiger partial charge in [-0.3, -0.25) is 0 Å². The lowest BCUT2D eigenvalue weighted by Crippen LogP contribution is -2.38.